The molecule has 32 heavy (non-hydrogen) atoms. The molecule has 0 unspecified atom stereocenters. The summed E-state index contributed by atoms with van der Waals surface area (Å²) in [6, 6.07) is 7.89. The fourth-order valence-electron chi connectivity index (χ4n) is 3.14. The van der Waals surface area contributed by atoms with Crippen LogP contribution in [0.15, 0.2) is 66.0 Å². The number of benzene rings is 2. The van der Waals surface area contributed by atoms with Crippen LogP contribution in [0.2, 0.25) is 0 Å². The van der Waals surface area contributed by atoms with E-state index in [-0.39, 0.29) is 29.1 Å². The number of rotatable bonds is 6. The van der Waals surface area contributed by atoms with Crippen molar-refractivity contribution in [1.82, 2.24) is 0 Å². The van der Waals surface area contributed by atoms with Crippen molar-refractivity contribution >= 4 is 29.8 Å². The standard InChI is InChI=1S/C23H16O9/c1-31-23(30)16-9-13(3-6-18(16)26)21(12-2-5-17(25)15(8-12)22(28)29)14-4-7-19(27)20(10-14)32-11-24/h2-11,25-26H,1H3,(H,28,29)/b21-14+. The second kappa shape index (κ2) is 9.00. The van der Waals surface area contributed by atoms with E-state index in [1.807, 2.05) is 0 Å². The average Bonchev–Trinajstić information content (AvgIpc) is 2.77. The van der Waals surface area contributed by atoms with Gasteiger partial charge < -0.3 is 24.8 Å². The number of hydrogen-bond acceptors (Lipinski definition) is 8. The van der Waals surface area contributed by atoms with Crippen LogP contribution < -0.4 is 0 Å². The molecule has 0 aliphatic heterocycles. The normalized spacial score (nSPS) is 14.4. The lowest BCUT2D eigenvalue weighted by atomic mass is 9.88. The zero-order valence-corrected chi connectivity index (χ0v) is 16.6. The van der Waals surface area contributed by atoms with Crippen LogP contribution >= 0.6 is 0 Å². The highest BCUT2D eigenvalue weighted by molar-refractivity contribution is 6.07. The predicted octanol–water partition coefficient (Wildman–Crippen LogP) is 2.58. The topological polar surface area (TPSA) is 147 Å². The molecule has 1 aliphatic rings. The van der Waals surface area contributed by atoms with Crippen LogP contribution in [0.5, 0.6) is 11.5 Å². The average molecular weight is 436 g/mol. The highest BCUT2D eigenvalue weighted by Gasteiger charge is 2.21. The molecule has 9 heteroatoms. The lowest BCUT2D eigenvalue weighted by Crippen LogP contribution is -2.08. The highest BCUT2D eigenvalue weighted by atomic mass is 16.5. The number of carbonyl (C=O) groups excluding carboxylic acids is 3. The Hall–Kier alpha value is -4.66. The van der Waals surface area contributed by atoms with E-state index in [2.05, 4.69) is 4.74 Å². The molecule has 0 saturated carbocycles. The maximum absolute atomic E-state index is 12.1. The van der Waals surface area contributed by atoms with Crippen molar-refractivity contribution in [3.8, 4) is 11.5 Å². The van der Waals surface area contributed by atoms with Crippen molar-refractivity contribution in [2.24, 2.45) is 0 Å². The first kappa shape index (κ1) is 22.0. The number of aromatic carboxylic acids is 1. The Bertz CT molecular complexity index is 1230. The molecule has 0 radical (unpaired) electrons. The molecule has 3 N–H and O–H groups in total. The third-order valence-corrected chi connectivity index (χ3v) is 4.61. The number of carboxylic acids is 1. The number of esters is 1. The smallest absolute Gasteiger partial charge is 0.341 e. The van der Waals surface area contributed by atoms with E-state index in [1.54, 1.807) is 0 Å². The van der Waals surface area contributed by atoms with Crippen LogP contribution in [0.25, 0.3) is 5.57 Å². The number of hydrogen-bond donors (Lipinski definition) is 3. The van der Waals surface area contributed by atoms with Gasteiger partial charge in [0.25, 0.3) is 6.47 Å². The minimum absolute atomic E-state index is 0.0964. The Morgan fingerprint density at radius 2 is 1.53 bits per heavy atom. The van der Waals surface area contributed by atoms with Gasteiger partial charge in [-0.05, 0) is 58.7 Å². The molecule has 162 valence electrons. The molecule has 1 aliphatic carbocycles. The van der Waals surface area contributed by atoms with E-state index in [1.165, 1.54) is 48.6 Å². The van der Waals surface area contributed by atoms with Gasteiger partial charge in [0, 0.05) is 0 Å². The van der Waals surface area contributed by atoms with Crippen LogP contribution in [0.1, 0.15) is 31.8 Å². The molecule has 0 atom stereocenters. The Morgan fingerprint density at radius 1 is 0.938 bits per heavy atom. The van der Waals surface area contributed by atoms with Gasteiger partial charge in [0.2, 0.25) is 5.78 Å². The van der Waals surface area contributed by atoms with Crippen LogP contribution in [-0.4, -0.2) is 46.6 Å². The van der Waals surface area contributed by atoms with E-state index in [9.17, 15) is 34.5 Å². The number of allylic oxidation sites excluding steroid dienone is 4. The van der Waals surface area contributed by atoms with Gasteiger partial charge >= 0.3 is 11.9 Å². The number of phenols is 2. The largest absolute Gasteiger partial charge is 0.507 e. The van der Waals surface area contributed by atoms with Crippen molar-refractivity contribution in [2.75, 3.05) is 7.11 Å². The van der Waals surface area contributed by atoms with E-state index in [0.717, 1.165) is 13.2 Å². The first-order chi connectivity index (χ1) is 15.3. The maximum Gasteiger partial charge on any atom is 0.341 e. The van der Waals surface area contributed by atoms with Gasteiger partial charge in [-0.1, -0.05) is 18.2 Å². The molecule has 3 rings (SSSR count). The van der Waals surface area contributed by atoms with E-state index in [0.29, 0.717) is 22.3 Å². The molecule has 0 fully saturated rings. The number of carboxylic acid groups (broad SMARTS) is 1. The molecule has 0 heterocycles. The molecule has 2 aromatic rings. The Labute approximate surface area is 181 Å². The maximum atomic E-state index is 12.1. The Kier molecular flexibility index (Phi) is 6.20. The molecule has 0 bridgehead atoms. The fourth-order valence-corrected chi connectivity index (χ4v) is 3.14. The summed E-state index contributed by atoms with van der Waals surface area (Å²) in [4.78, 5) is 46.3. The molecule has 9 nitrogen and oxygen atoms in total. The van der Waals surface area contributed by atoms with Crippen molar-refractivity contribution in [3.05, 3.63) is 88.2 Å². The zero-order valence-electron chi connectivity index (χ0n) is 16.6. The van der Waals surface area contributed by atoms with Gasteiger partial charge in [-0.3, -0.25) is 9.59 Å². The number of carbonyl (C=O) groups is 4. The number of ether oxygens (including phenoxy) is 2. The Morgan fingerprint density at radius 3 is 2.09 bits per heavy atom. The first-order valence-electron chi connectivity index (χ1n) is 9.04. The lowest BCUT2D eigenvalue weighted by Gasteiger charge is -2.17. The van der Waals surface area contributed by atoms with Gasteiger partial charge in [0.15, 0.2) is 5.76 Å². The van der Waals surface area contributed by atoms with Crippen LogP contribution in [0, 0.1) is 0 Å². The first-order valence-corrected chi connectivity index (χ1v) is 9.04. The fraction of sp³-hybridized carbons (Fsp3) is 0.0435. The number of aromatic hydroxyl groups is 2. The number of methoxy groups -OCH3 is 1. The second-order valence-electron chi connectivity index (χ2n) is 6.51. The minimum atomic E-state index is -1.37. The molecule has 2 aromatic carbocycles. The molecule has 0 amide bonds. The summed E-state index contributed by atoms with van der Waals surface area (Å²) in [5.41, 5.74) is 0.790. The van der Waals surface area contributed by atoms with Gasteiger partial charge in [0.05, 0.1) is 7.11 Å². The molecular formula is C23H16O9. The summed E-state index contributed by atoms with van der Waals surface area (Å²) in [7, 11) is 1.15. The van der Waals surface area contributed by atoms with E-state index in [4.69, 9.17) is 4.74 Å². The van der Waals surface area contributed by atoms with Gasteiger partial charge in [-0.25, -0.2) is 9.59 Å². The summed E-state index contributed by atoms with van der Waals surface area (Å²) >= 11 is 0. The van der Waals surface area contributed by atoms with Crippen molar-refractivity contribution in [2.45, 2.75) is 0 Å². The Balaban J connectivity index is 2.34. The quantitative estimate of drug-likeness (QED) is 0.459. The SMILES string of the molecule is COC(=O)c1cc(/C(=C2\C=CC(=O)C(OC=O)=C2)c2ccc(O)c(C(=O)O)c2)ccc1O. The van der Waals surface area contributed by atoms with Crippen molar-refractivity contribution in [3.63, 3.8) is 0 Å². The van der Waals surface area contributed by atoms with E-state index < -0.39 is 23.5 Å². The van der Waals surface area contributed by atoms with Gasteiger partial charge in [-0.2, -0.15) is 0 Å². The molecule has 0 aromatic heterocycles. The van der Waals surface area contributed by atoms with E-state index >= 15 is 0 Å². The van der Waals surface area contributed by atoms with Crippen molar-refractivity contribution in [1.29, 1.82) is 0 Å². The highest BCUT2D eigenvalue weighted by Crippen LogP contribution is 2.35. The van der Waals surface area contributed by atoms with Crippen LogP contribution in [0.3, 0.4) is 0 Å². The summed E-state index contributed by atoms with van der Waals surface area (Å²) in [6.45, 7) is 0.0964. The predicted molar refractivity (Wildman–Crippen MR) is 110 cm³/mol. The third-order valence-electron chi connectivity index (χ3n) is 4.61. The minimum Gasteiger partial charge on any atom is -0.507 e. The zero-order chi connectivity index (χ0) is 23.4. The van der Waals surface area contributed by atoms with Crippen LogP contribution in [0.4, 0.5) is 0 Å². The number of phenolic OH excluding ortho intramolecular Hbond substituents is 1. The monoisotopic (exact) mass is 436 g/mol. The number of ketones is 1. The summed E-state index contributed by atoms with van der Waals surface area (Å²) in [6.07, 6.45) is 3.87. The van der Waals surface area contributed by atoms with Crippen LogP contribution in [-0.2, 0) is 19.1 Å². The van der Waals surface area contributed by atoms with Gasteiger partial charge in [-0.15, -0.1) is 0 Å². The van der Waals surface area contributed by atoms with Gasteiger partial charge in [0.1, 0.15) is 22.6 Å². The summed E-state index contributed by atoms with van der Waals surface area (Å²) < 4.78 is 9.40. The lowest BCUT2D eigenvalue weighted by molar-refractivity contribution is -0.129. The summed E-state index contributed by atoms with van der Waals surface area (Å²) in [5.74, 6) is -3.79. The second-order valence-corrected chi connectivity index (χ2v) is 6.51. The third kappa shape index (κ3) is 4.26. The molecular weight excluding hydrogens is 420 g/mol. The molecule has 0 spiro atoms. The summed E-state index contributed by atoms with van der Waals surface area (Å²) in [5, 5.41) is 29.3. The molecule has 0 saturated heterocycles. The van der Waals surface area contributed by atoms with Crippen molar-refractivity contribution < 1.29 is 44.0 Å².